The smallest absolute Gasteiger partial charge is 0.325 e. The minimum absolute atomic E-state index is 0.365. The van der Waals surface area contributed by atoms with Crippen molar-refractivity contribution in [3.8, 4) is 16.2 Å². The summed E-state index contributed by atoms with van der Waals surface area (Å²) in [5, 5.41) is 10.4. The van der Waals surface area contributed by atoms with Crippen LogP contribution in [0.25, 0.3) is 10.4 Å². The molecule has 1 N–H and O–H groups in total. The standard InChI is InChI=1S/C23H20ClNO4S/c1-14(26)29-21-17-13-25(20(23(27)28)16-9-5-6-10-18(16)24)12-11-19(17)30-22(21)15-7-3-2-4-8-15/h2-10,20H,11-13H2,1H3,(H,27,28). The first-order valence-electron chi connectivity index (χ1n) is 9.55. The van der Waals surface area contributed by atoms with Crippen molar-refractivity contribution >= 4 is 34.9 Å². The molecule has 1 aromatic heterocycles. The minimum Gasteiger partial charge on any atom is -0.480 e. The maximum Gasteiger partial charge on any atom is 0.325 e. The highest BCUT2D eigenvalue weighted by molar-refractivity contribution is 7.16. The van der Waals surface area contributed by atoms with Gasteiger partial charge in [-0.1, -0.05) is 60.1 Å². The zero-order chi connectivity index (χ0) is 21.3. The molecule has 0 spiro atoms. The van der Waals surface area contributed by atoms with Crippen molar-refractivity contribution in [3.05, 3.63) is 75.6 Å². The zero-order valence-corrected chi connectivity index (χ0v) is 17.9. The summed E-state index contributed by atoms with van der Waals surface area (Å²) in [6.45, 7) is 2.32. The molecule has 1 aliphatic heterocycles. The topological polar surface area (TPSA) is 66.8 Å². The van der Waals surface area contributed by atoms with Crippen LogP contribution in [0, 0.1) is 0 Å². The van der Waals surface area contributed by atoms with E-state index in [2.05, 4.69) is 0 Å². The van der Waals surface area contributed by atoms with Gasteiger partial charge in [0.2, 0.25) is 0 Å². The molecule has 0 saturated heterocycles. The van der Waals surface area contributed by atoms with Crippen molar-refractivity contribution in [2.24, 2.45) is 0 Å². The van der Waals surface area contributed by atoms with E-state index in [9.17, 15) is 14.7 Å². The predicted molar refractivity (Wildman–Crippen MR) is 117 cm³/mol. The van der Waals surface area contributed by atoms with Gasteiger partial charge in [0.15, 0.2) is 5.75 Å². The second-order valence-corrected chi connectivity index (χ2v) is 8.62. The first-order valence-corrected chi connectivity index (χ1v) is 10.7. The molecule has 30 heavy (non-hydrogen) atoms. The Balaban J connectivity index is 1.75. The number of nitrogens with zero attached hydrogens (tertiary/aromatic N) is 1. The van der Waals surface area contributed by atoms with Crippen molar-refractivity contribution in [1.29, 1.82) is 0 Å². The summed E-state index contributed by atoms with van der Waals surface area (Å²) >= 11 is 7.91. The van der Waals surface area contributed by atoms with Crippen LogP contribution in [0.4, 0.5) is 0 Å². The fourth-order valence-corrected chi connectivity index (χ4v) is 5.29. The van der Waals surface area contributed by atoms with Gasteiger partial charge in [0.05, 0.1) is 4.88 Å². The second-order valence-electron chi connectivity index (χ2n) is 7.10. The lowest BCUT2D eigenvalue weighted by Gasteiger charge is -2.32. The molecule has 0 bridgehead atoms. The summed E-state index contributed by atoms with van der Waals surface area (Å²) in [5.74, 6) is -0.827. The number of carbonyl (C=O) groups is 2. The monoisotopic (exact) mass is 441 g/mol. The second kappa shape index (κ2) is 8.60. The molecule has 1 unspecified atom stereocenters. The Morgan fingerprint density at radius 2 is 1.83 bits per heavy atom. The molecule has 0 saturated carbocycles. The van der Waals surface area contributed by atoms with Gasteiger partial charge >= 0.3 is 11.9 Å². The summed E-state index contributed by atoms with van der Waals surface area (Å²) in [7, 11) is 0. The number of fused-ring (bicyclic) bond motifs is 1. The molecule has 1 aliphatic rings. The number of carboxylic acids is 1. The Hall–Kier alpha value is -2.67. The maximum absolute atomic E-state index is 12.2. The van der Waals surface area contributed by atoms with E-state index in [4.69, 9.17) is 16.3 Å². The Labute approximate surface area is 183 Å². The molecule has 4 rings (SSSR count). The normalized spacial score (nSPS) is 14.7. The zero-order valence-electron chi connectivity index (χ0n) is 16.3. The lowest BCUT2D eigenvalue weighted by molar-refractivity contribution is -0.144. The highest BCUT2D eigenvalue weighted by Crippen LogP contribution is 2.46. The van der Waals surface area contributed by atoms with Crippen LogP contribution in [-0.4, -0.2) is 28.5 Å². The molecule has 7 heteroatoms. The minimum atomic E-state index is -0.959. The third-order valence-electron chi connectivity index (χ3n) is 5.11. The van der Waals surface area contributed by atoms with Crippen LogP contribution >= 0.6 is 22.9 Å². The van der Waals surface area contributed by atoms with E-state index >= 15 is 0 Å². The Morgan fingerprint density at radius 1 is 1.13 bits per heavy atom. The number of hydrogen-bond acceptors (Lipinski definition) is 5. The van der Waals surface area contributed by atoms with Crippen molar-refractivity contribution in [1.82, 2.24) is 4.90 Å². The third kappa shape index (κ3) is 3.99. The van der Waals surface area contributed by atoms with Gasteiger partial charge in [0.25, 0.3) is 0 Å². The Morgan fingerprint density at radius 3 is 2.50 bits per heavy atom. The van der Waals surface area contributed by atoms with E-state index in [0.717, 1.165) is 20.9 Å². The largest absolute Gasteiger partial charge is 0.480 e. The molecule has 0 amide bonds. The van der Waals surface area contributed by atoms with Crippen LogP contribution in [0.2, 0.25) is 5.02 Å². The number of benzene rings is 2. The highest BCUT2D eigenvalue weighted by Gasteiger charge is 2.35. The van der Waals surface area contributed by atoms with E-state index in [0.29, 0.717) is 35.8 Å². The molecule has 0 fully saturated rings. The average molecular weight is 442 g/mol. The van der Waals surface area contributed by atoms with Crippen molar-refractivity contribution in [2.45, 2.75) is 25.9 Å². The average Bonchev–Trinajstić information content (AvgIpc) is 3.07. The number of halogens is 1. The molecule has 2 aromatic carbocycles. The van der Waals surface area contributed by atoms with Gasteiger partial charge in [0, 0.05) is 35.5 Å². The fraction of sp³-hybridized carbons (Fsp3) is 0.217. The molecule has 2 heterocycles. The number of rotatable bonds is 5. The summed E-state index contributed by atoms with van der Waals surface area (Å²) in [5.41, 5.74) is 2.40. The summed E-state index contributed by atoms with van der Waals surface area (Å²) < 4.78 is 5.63. The van der Waals surface area contributed by atoms with E-state index in [1.165, 1.54) is 6.92 Å². The first-order chi connectivity index (χ1) is 14.5. The van der Waals surface area contributed by atoms with Gasteiger partial charge in [-0.25, -0.2) is 0 Å². The molecular formula is C23H20ClNO4S. The first kappa shape index (κ1) is 20.6. The Bertz CT molecular complexity index is 1100. The van der Waals surface area contributed by atoms with Gasteiger partial charge in [-0.15, -0.1) is 11.3 Å². The molecule has 0 radical (unpaired) electrons. The number of esters is 1. The van der Waals surface area contributed by atoms with Crippen LogP contribution in [0.5, 0.6) is 5.75 Å². The molecule has 3 aromatic rings. The predicted octanol–water partition coefficient (Wildman–Crippen LogP) is 5.18. The fourth-order valence-electron chi connectivity index (χ4n) is 3.82. The number of thiophene rings is 1. The number of carboxylic acid groups (broad SMARTS) is 1. The van der Waals surface area contributed by atoms with Crippen molar-refractivity contribution in [3.63, 3.8) is 0 Å². The van der Waals surface area contributed by atoms with Crippen LogP contribution in [-0.2, 0) is 22.6 Å². The molecular weight excluding hydrogens is 422 g/mol. The summed E-state index contributed by atoms with van der Waals surface area (Å²) in [6.07, 6.45) is 0.676. The van der Waals surface area contributed by atoms with Gasteiger partial charge in [0.1, 0.15) is 6.04 Å². The van der Waals surface area contributed by atoms with E-state index in [-0.39, 0.29) is 0 Å². The van der Waals surface area contributed by atoms with Gasteiger partial charge < -0.3 is 9.84 Å². The van der Waals surface area contributed by atoms with Crippen LogP contribution in [0.3, 0.4) is 0 Å². The van der Waals surface area contributed by atoms with E-state index < -0.39 is 18.0 Å². The third-order valence-corrected chi connectivity index (χ3v) is 6.78. The molecule has 154 valence electrons. The van der Waals surface area contributed by atoms with Crippen LogP contribution in [0.15, 0.2) is 54.6 Å². The van der Waals surface area contributed by atoms with Gasteiger partial charge in [-0.2, -0.15) is 0 Å². The molecule has 0 aliphatic carbocycles. The van der Waals surface area contributed by atoms with Gasteiger partial charge in [-0.3, -0.25) is 14.5 Å². The van der Waals surface area contributed by atoms with Gasteiger partial charge in [-0.05, 0) is 23.6 Å². The number of aliphatic carboxylic acids is 1. The highest BCUT2D eigenvalue weighted by atomic mass is 35.5. The van der Waals surface area contributed by atoms with Crippen molar-refractivity contribution < 1.29 is 19.4 Å². The van der Waals surface area contributed by atoms with Crippen LogP contribution in [0.1, 0.15) is 29.0 Å². The lowest BCUT2D eigenvalue weighted by Crippen LogP contribution is -2.38. The van der Waals surface area contributed by atoms with E-state index in [1.54, 1.807) is 35.6 Å². The maximum atomic E-state index is 12.2. The molecule has 1 atom stereocenters. The Kier molecular flexibility index (Phi) is 5.90. The summed E-state index contributed by atoms with van der Waals surface area (Å²) in [4.78, 5) is 27.9. The van der Waals surface area contributed by atoms with E-state index in [1.807, 2.05) is 35.2 Å². The van der Waals surface area contributed by atoms with Crippen LogP contribution < -0.4 is 4.74 Å². The number of carbonyl (C=O) groups excluding carboxylic acids is 1. The lowest BCUT2D eigenvalue weighted by atomic mass is 10.00. The quantitative estimate of drug-likeness (QED) is 0.553. The molecule has 5 nitrogen and oxygen atoms in total. The SMILES string of the molecule is CC(=O)Oc1c(-c2ccccc2)sc2c1CN(C(C(=O)O)c1ccccc1Cl)CC2. The number of hydrogen-bond donors (Lipinski definition) is 1. The van der Waals surface area contributed by atoms with Crippen molar-refractivity contribution in [2.75, 3.05) is 6.54 Å². The number of ether oxygens (including phenoxy) is 1. The summed E-state index contributed by atoms with van der Waals surface area (Å²) in [6, 6.07) is 15.9.